The molecule has 4 nitrogen and oxygen atoms in total. The summed E-state index contributed by atoms with van der Waals surface area (Å²) in [5, 5.41) is 2.14. The van der Waals surface area contributed by atoms with Gasteiger partial charge in [-0.1, -0.05) is 13.0 Å². The predicted molar refractivity (Wildman–Crippen MR) is 88.4 cm³/mol. The highest BCUT2D eigenvalue weighted by molar-refractivity contribution is 7.09. The normalized spacial score (nSPS) is 11.5. The van der Waals surface area contributed by atoms with Crippen molar-refractivity contribution < 1.29 is 0 Å². The van der Waals surface area contributed by atoms with Crippen LogP contribution in [0.25, 0.3) is 0 Å². The molecule has 0 fully saturated rings. The number of likely N-dealkylation sites (N-methyl/N-ethyl adjacent to an activating group) is 1. The lowest BCUT2D eigenvalue weighted by Gasteiger charge is -2.23. The molecule has 0 saturated heterocycles. The van der Waals surface area contributed by atoms with Crippen LogP contribution in [0.2, 0.25) is 0 Å². The molecule has 0 aliphatic rings. The van der Waals surface area contributed by atoms with Crippen LogP contribution in [-0.4, -0.2) is 47.0 Å². The minimum absolute atomic E-state index is 0.889. The zero-order valence-corrected chi connectivity index (χ0v) is 13.9. The van der Waals surface area contributed by atoms with Gasteiger partial charge in [-0.3, -0.25) is 4.90 Å². The van der Waals surface area contributed by atoms with E-state index in [0.29, 0.717) is 0 Å². The van der Waals surface area contributed by atoms with Gasteiger partial charge >= 0.3 is 0 Å². The number of aromatic nitrogens is 2. The lowest BCUT2D eigenvalue weighted by Crippen LogP contribution is -2.31. The zero-order valence-electron chi connectivity index (χ0n) is 13.1. The number of hydrogen-bond acceptors (Lipinski definition) is 5. The summed E-state index contributed by atoms with van der Waals surface area (Å²) >= 11 is 1.82. The van der Waals surface area contributed by atoms with Gasteiger partial charge < -0.3 is 4.90 Å². The van der Waals surface area contributed by atoms with Gasteiger partial charge in [0, 0.05) is 55.4 Å². The van der Waals surface area contributed by atoms with Crippen LogP contribution < -0.4 is 0 Å². The van der Waals surface area contributed by atoms with E-state index in [9.17, 15) is 0 Å². The van der Waals surface area contributed by atoms with Crippen LogP contribution in [-0.2, 0) is 19.5 Å². The third-order valence-electron chi connectivity index (χ3n) is 3.30. The Morgan fingerprint density at radius 2 is 1.86 bits per heavy atom. The number of rotatable bonds is 8. The fraction of sp³-hybridized carbons (Fsp3) is 0.500. The smallest absolute Gasteiger partial charge is 0.127 e. The molecular formula is C16H24N4S. The molecule has 2 aromatic rings. The van der Waals surface area contributed by atoms with E-state index in [-0.39, 0.29) is 0 Å². The van der Waals surface area contributed by atoms with Crippen molar-refractivity contribution in [2.75, 3.05) is 27.2 Å². The first-order valence-corrected chi connectivity index (χ1v) is 8.24. The van der Waals surface area contributed by atoms with Crippen LogP contribution in [0, 0.1) is 0 Å². The van der Waals surface area contributed by atoms with E-state index >= 15 is 0 Å². The van der Waals surface area contributed by atoms with Crippen LogP contribution in [0.5, 0.6) is 0 Å². The summed E-state index contributed by atoms with van der Waals surface area (Å²) in [6.07, 6.45) is 4.81. The summed E-state index contributed by atoms with van der Waals surface area (Å²) in [6.45, 7) is 6.06. The Morgan fingerprint density at radius 1 is 1.10 bits per heavy atom. The van der Waals surface area contributed by atoms with Crippen LogP contribution in [0.1, 0.15) is 23.2 Å². The molecule has 114 valence electrons. The molecule has 2 rings (SSSR count). The maximum atomic E-state index is 4.40. The monoisotopic (exact) mass is 304 g/mol. The number of hydrogen-bond donors (Lipinski definition) is 0. The lowest BCUT2D eigenvalue weighted by atomic mass is 10.3. The van der Waals surface area contributed by atoms with E-state index in [2.05, 4.69) is 58.3 Å². The average molecular weight is 304 g/mol. The van der Waals surface area contributed by atoms with Crippen LogP contribution in [0.3, 0.4) is 0 Å². The minimum Gasteiger partial charge on any atom is -0.308 e. The molecule has 0 atom stereocenters. The molecule has 0 N–H and O–H groups in total. The molecule has 0 aliphatic carbocycles. The zero-order chi connectivity index (χ0) is 15.1. The van der Waals surface area contributed by atoms with Crippen molar-refractivity contribution in [3.05, 3.63) is 46.2 Å². The molecule has 0 radical (unpaired) electrons. The fourth-order valence-corrected chi connectivity index (χ4v) is 2.83. The molecule has 0 bridgehead atoms. The highest BCUT2D eigenvalue weighted by Crippen LogP contribution is 2.14. The van der Waals surface area contributed by atoms with Crippen molar-refractivity contribution in [3.63, 3.8) is 0 Å². The summed E-state index contributed by atoms with van der Waals surface area (Å²) in [6, 6.07) is 4.31. The molecule has 0 unspecified atom stereocenters. The van der Waals surface area contributed by atoms with Crippen molar-refractivity contribution >= 4 is 11.3 Å². The third-order valence-corrected chi connectivity index (χ3v) is 4.17. The van der Waals surface area contributed by atoms with Gasteiger partial charge in [-0.2, -0.15) is 0 Å². The number of nitrogens with zero attached hydrogens (tertiary/aromatic N) is 4. The summed E-state index contributed by atoms with van der Waals surface area (Å²) in [4.78, 5) is 14.9. The van der Waals surface area contributed by atoms with Gasteiger partial charge in [-0.05, 0) is 25.5 Å². The first-order valence-electron chi connectivity index (χ1n) is 7.36. The topological polar surface area (TPSA) is 32.3 Å². The standard InChI is InChI=1S/C16H24N4S/c1-4-16-17-10-14(11-18-16)12-20(8-7-19(2)3)13-15-6-5-9-21-15/h5-6,9-11H,4,7-8,12-13H2,1-3H3. The Hall–Kier alpha value is -1.30. The second kappa shape index (κ2) is 8.22. The highest BCUT2D eigenvalue weighted by atomic mass is 32.1. The van der Waals surface area contributed by atoms with E-state index in [1.54, 1.807) is 0 Å². The Morgan fingerprint density at radius 3 is 2.43 bits per heavy atom. The van der Waals surface area contributed by atoms with Gasteiger partial charge in [-0.25, -0.2) is 9.97 Å². The quantitative estimate of drug-likeness (QED) is 0.750. The molecule has 21 heavy (non-hydrogen) atoms. The minimum atomic E-state index is 0.889. The van der Waals surface area contributed by atoms with Crippen molar-refractivity contribution in [1.29, 1.82) is 0 Å². The molecule has 0 saturated carbocycles. The average Bonchev–Trinajstić information content (AvgIpc) is 2.98. The van der Waals surface area contributed by atoms with Gasteiger partial charge in [0.1, 0.15) is 5.82 Å². The van der Waals surface area contributed by atoms with Gasteiger partial charge in [0.25, 0.3) is 0 Å². The Kier molecular flexibility index (Phi) is 6.29. The Bertz CT molecular complexity index is 508. The summed E-state index contributed by atoms with van der Waals surface area (Å²) < 4.78 is 0. The SMILES string of the molecule is CCc1ncc(CN(CCN(C)C)Cc2cccs2)cn1. The Labute approximate surface area is 131 Å². The number of thiophene rings is 1. The molecule has 5 heteroatoms. The van der Waals surface area contributed by atoms with Crippen molar-refractivity contribution in [2.24, 2.45) is 0 Å². The Balaban J connectivity index is 1.99. The molecule has 0 amide bonds. The van der Waals surface area contributed by atoms with E-state index < -0.39 is 0 Å². The van der Waals surface area contributed by atoms with E-state index in [0.717, 1.165) is 38.4 Å². The maximum Gasteiger partial charge on any atom is 0.127 e. The lowest BCUT2D eigenvalue weighted by molar-refractivity contribution is 0.227. The largest absolute Gasteiger partial charge is 0.308 e. The predicted octanol–water partition coefficient (Wildman–Crippen LogP) is 2.66. The van der Waals surface area contributed by atoms with Crippen molar-refractivity contribution in [3.8, 4) is 0 Å². The van der Waals surface area contributed by atoms with E-state index in [1.165, 1.54) is 10.4 Å². The third kappa shape index (κ3) is 5.53. The fourth-order valence-electron chi connectivity index (χ4n) is 2.08. The molecule has 0 spiro atoms. The molecule has 0 aromatic carbocycles. The van der Waals surface area contributed by atoms with Crippen molar-refractivity contribution in [1.82, 2.24) is 19.8 Å². The van der Waals surface area contributed by atoms with Gasteiger partial charge in [-0.15, -0.1) is 11.3 Å². The summed E-state index contributed by atoms with van der Waals surface area (Å²) in [5.74, 6) is 0.914. The van der Waals surface area contributed by atoms with Crippen LogP contribution in [0.15, 0.2) is 29.9 Å². The second-order valence-corrected chi connectivity index (χ2v) is 6.49. The summed E-state index contributed by atoms with van der Waals surface area (Å²) in [5.41, 5.74) is 1.18. The molecule has 2 aromatic heterocycles. The maximum absolute atomic E-state index is 4.40. The van der Waals surface area contributed by atoms with E-state index in [1.807, 2.05) is 23.7 Å². The van der Waals surface area contributed by atoms with Crippen molar-refractivity contribution in [2.45, 2.75) is 26.4 Å². The molecular weight excluding hydrogens is 280 g/mol. The molecule has 2 heterocycles. The van der Waals surface area contributed by atoms with E-state index in [4.69, 9.17) is 0 Å². The van der Waals surface area contributed by atoms with Crippen LogP contribution in [0.4, 0.5) is 0 Å². The second-order valence-electron chi connectivity index (χ2n) is 5.45. The van der Waals surface area contributed by atoms with Gasteiger partial charge in [0.2, 0.25) is 0 Å². The van der Waals surface area contributed by atoms with Gasteiger partial charge in [0.15, 0.2) is 0 Å². The van der Waals surface area contributed by atoms with Gasteiger partial charge in [0.05, 0.1) is 0 Å². The first-order chi connectivity index (χ1) is 10.2. The first kappa shape index (κ1) is 16.1. The van der Waals surface area contributed by atoms with Crippen LogP contribution >= 0.6 is 11.3 Å². The molecule has 0 aliphatic heterocycles. The summed E-state index contributed by atoms with van der Waals surface area (Å²) in [7, 11) is 4.23. The number of aryl methyl sites for hydroxylation is 1. The highest BCUT2D eigenvalue weighted by Gasteiger charge is 2.09.